The fraction of sp³-hybridized carbons (Fsp3) is 0.192. The minimum absolute atomic E-state index is 0.0751. The van der Waals surface area contributed by atoms with Crippen molar-refractivity contribution >= 4 is 29.2 Å². The van der Waals surface area contributed by atoms with Gasteiger partial charge in [0, 0.05) is 40.8 Å². The quantitative estimate of drug-likeness (QED) is 0.493. The van der Waals surface area contributed by atoms with Gasteiger partial charge in [0.15, 0.2) is 5.82 Å². The van der Waals surface area contributed by atoms with Crippen LogP contribution in [0.1, 0.15) is 28.8 Å². The van der Waals surface area contributed by atoms with Gasteiger partial charge in [-0.25, -0.2) is 14.4 Å². The lowest BCUT2D eigenvalue weighted by molar-refractivity contribution is -0.126. The topological polar surface area (TPSA) is 116 Å². The Kier molecular flexibility index (Phi) is 6.16. The van der Waals surface area contributed by atoms with Crippen molar-refractivity contribution in [3.63, 3.8) is 0 Å². The number of aromatic nitrogens is 2. The number of hydrogen-bond acceptors (Lipinski definition) is 6. The van der Waals surface area contributed by atoms with Gasteiger partial charge in [0.05, 0.1) is 6.54 Å². The minimum Gasteiger partial charge on any atom is -0.361 e. The first kappa shape index (κ1) is 23.2. The zero-order valence-electron chi connectivity index (χ0n) is 19.3. The van der Waals surface area contributed by atoms with E-state index < -0.39 is 6.04 Å². The molecule has 0 saturated carbocycles. The maximum absolute atomic E-state index is 13.2. The Morgan fingerprint density at radius 2 is 1.97 bits per heavy atom. The minimum atomic E-state index is -0.575. The molecular weight excluding hydrogens is 463 g/mol. The number of halogens is 1. The van der Waals surface area contributed by atoms with Crippen LogP contribution in [0.4, 0.5) is 15.9 Å². The molecule has 1 fully saturated rings. The van der Waals surface area contributed by atoms with E-state index in [1.165, 1.54) is 17.0 Å². The average molecular weight is 487 g/mol. The van der Waals surface area contributed by atoms with Gasteiger partial charge in [0.25, 0.3) is 5.91 Å². The smallest absolute Gasteiger partial charge is 0.255 e. The highest BCUT2D eigenvalue weighted by molar-refractivity contribution is 6.04. The molecule has 0 spiro atoms. The number of anilines is 2. The average Bonchev–Trinajstić information content (AvgIpc) is 3.20. The summed E-state index contributed by atoms with van der Waals surface area (Å²) in [4.78, 5) is 48.2. The number of piperidine rings is 1. The molecule has 3 aromatic rings. The van der Waals surface area contributed by atoms with Crippen LogP contribution in [0.5, 0.6) is 0 Å². The van der Waals surface area contributed by atoms with Crippen molar-refractivity contribution in [1.29, 1.82) is 0 Å². The number of fused-ring (bicyclic) bond motifs is 1. The SMILES string of the molecule is C=C1CCC(N2Cc3c(NC(=O)CNc4ccnc(-c5ccc(F)cc5)n4)cccc3C2=O)C(=O)N1. The van der Waals surface area contributed by atoms with Gasteiger partial charge in [-0.1, -0.05) is 12.6 Å². The number of rotatable bonds is 6. The molecule has 1 aromatic heterocycles. The van der Waals surface area contributed by atoms with Crippen molar-refractivity contribution in [2.75, 3.05) is 17.2 Å². The first-order chi connectivity index (χ1) is 17.4. The highest BCUT2D eigenvalue weighted by Crippen LogP contribution is 2.32. The highest BCUT2D eigenvalue weighted by atomic mass is 19.1. The summed E-state index contributed by atoms with van der Waals surface area (Å²) in [6, 6.07) is 12.0. The van der Waals surface area contributed by atoms with Crippen LogP contribution in [0.15, 0.2) is 67.0 Å². The van der Waals surface area contributed by atoms with Gasteiger partial charge in [-0.15, -0.1) is 0 Å². The van der Waals surface area contributed by atoms with Gasteiger partial charge in [-0.2, -0.15) is 0 Å². The summed E-state index contributed by atoms with van der Waals surface area (Å²) in [5.74, 6) is -0.328. The largest absolute Gasteiger partial charge is 0.361 e. The lowest BCUT2D eigenvalue weighted by Gasteiger charge is -2.31. The molecule has 0 aliphatic carbocycles. The van der Waals surface area contributed by atoms with Crippen molar-refractivity contribution < 1.29 is 18.8 Å². The third-order valence-corrected chi connectivity index (χ3v) is 6.16. The predicted octanol–water partition coefficient (Wildman–Crippen LogP) is 3.08. The van der Waals surface area contributed by atoms with Gasteiger partial charge in [-0.05, 0) is 55.3 Å². The van der Waals surface area contributed by atoms with Crippen LogP contribution in [0.25, 0.3) is 11.4 Å². The van der Waals surface area contributed by atoms with Crippen LogP contribution in [0.2, 0.25) is 0 Å². The Labute approximate surface area is 206 Å². The van der Waals surface area contributed by atoms with Crippen molar-refractivity contribution in [3.8, 4) is 11.4 Å². The van der Waals surface area contributed by atoms with Gasteiger partial charge in [0.2, 0.25) is 11.8 Å². The molecule has 9 nitrogen and oxygen atoms in total. The summed E-state index contributed by atoms with van der Waals surface area (Å²) in [6.45, 7) is 3.94. The Morgan fingerprint density at radius 1 is 1.17 bits per heavy atom. The van der Waals surface area contributed by atoms with E-state index in [2.05, 4.69) is 32.5 Å². The number of allylic oxidation sites excluding steroid dienone is 1. The van der Waals surface area contributed by atoms with Crippen LogP contribution < -0.4 is 16.0 Å². The molecule has 1 unspecified atom stereocenters. The van der Waals surface area contributed by atoms with Crippen LogP contribution in [-0.2, 0) is 16.1 Å². The van der Waals surface area contributed by atoms with E-state index >= 15 is 0 Å². The molecule has 0 bridgehead atoms. The lowest BCUT2D eigenvalue weighted by atomic mass is 10.0. The molecule has 2 aliphatic heterocycles. The molecule has 10 heteroatoms. The molecule has 182 valence electrons. The number of benzene rings is 2. The first-order valence-corrected chi connectivity index (χ1v) is 11.4. The van der Waals surface area contributed by atoms with Crippen LogP contribution in [0, 0.1) is 5.82 Å². The molecule has 2 aromatic carbocycles. The lowest BCUT2D eigenvalue weighted by Crippen LogP contribution is -2.49. The van der Waals surface area contributed by atoms with Gasteiger partial charge < -0.3 is 20.9 Å². The van der Waals surface area contributed by atoms with Crippen molar-refractivity contribution in [3.05, 3.63) is 83.9 Å². The van der Waals surface area contributed by atoms with E-state index in [1.807, 2.05) is 0 Å². The monoisotopic (exact) mass is 486 g/mol. The maximum atomic E-state index is 13.2. The second kappa shape index (κ2) is 9.57. The second-order valence-electron chi connectivity index (χ2n) is 8.59. The Balaban J connectivity index is 1.24. The van der Waals surface area contributed by atoms with Crippen LogP contribution in [0.3, 0.4) is 0 Å². The number of nitrogens with one attached hydrogen (secondary N) is 3. The Bertz CT molecular complexity index is 1370. The zero-order valence-corrected chi connectivity index (χ0v) is 19.3. The van der Waals surface area contributed by atoms with Gasteiger partial charge in [0.1, 0.15) is 17.7 Å². The molecular formula is C26H23FN6O3. The fourth-order valence-corrected chi connectivity index (χ4v) is 4.34. The molecule has 1 atom stereocenters. The van der Waals surface area contributed by atoms with E-state index in [4.69, 9.17) is 0 Å². The van der Waals surface area contributed by atoms with E-state index in [0.717, 1.165) is 0 Å². The molecule has 3 heterocycles. The standard InChI is InChI=1S/C26H23FN6O3/c1-15-5-10-21(25(35)30-15)33-14-19-18(26(33)36)3-2-4-20(19)31-23(34)13-29-22-11-12-28-24(32-22)16-6-8-17(27)9-7-16/h2-4,6-9,11-12,21H,1,5,10,13-14H2,(H,30,35)(H,31,34)(H,28,29,32). The number of nitrogens with zero attached hydrogens (tertiary/aromatic N) is 3. The molecule has 1 saturated heterocycles. The summed E-state index contributed by atoms with van der Waals surface area (Å²) in [7, 11) is 0. The van der Waals surface area contributed by atoms with Crippen molar-refractivity contribution in [1.82, 2.24) is 20.2 Å². The normalized spacial score (nSPS) is 17.0. The molecule has 3 amide bonds. The second-order valence-corrected chi connectivity index (χ2v) is 8.59. The number of carbonyl (C=O) groups is 3. The molecule has 3 N–H and O–H groups in total. The van der Waals surface area contributed by atoms with Crippen LogP contribution in [-0.4, -0.2) is 45.2 Å². The third kappa shape index (κ3) is 4.65. The third-order valence-electron chi connectivity index (χ3n) is 6.16. The van der Waals surface area contributed by atoms with E-state index in [9.17, 15) is 18.8 Å². The van der Waals surface area contributed by atoms with Crippen molar-refractivity contribution in [2.24, 2.45) is 0 Å². The first-order valence-electron chi connectivity index (χ1n) is 11.4. The fourth-order valence-electron chi connectivity index (χ4n) is 4.34. The maximum Gasteiger partial charge on any atom is 0.255 e. The van der Waals surface area contributed by atoms with Gasteiger partial charge >= 0.3 is 0 Å². The molecule has 36 heavy (non-hydrogen) atoms. The van der Waals surface area contributed by atoms with E-state index in [0.29, 0.717) is 52.6 Å². The number of hydrogen-bond donors (Lipinski definition) is 3. The molecule has 2 aliphatic rings. The highest BCUT2D eigenvalue weighted by Gasteiger charge is 2.39. The van der Waals surface area contributed by atoms with Crippen LogP contribution >= 0.6 is 0 Å². The summed E-state index contributed by atoms with van der Waals surface area (Å²) in [5.41, 5.74) is 2.96. The summed E-state index contributed by atoms with van der Waals surface area (Å²) in [6.07, 6.45) is 2.67. The Hall–Kier alpha value is -4.60. The van der Waals surface area contributed by atoms with E-state index in [1.54, 1.807) is 42.6 Å². The van der Waals surface area contributed by atoms with Gasteiger partial charge in [-0.3, -0.25) is 14.4 Å². The van der Waals surface area contributed by atoms with E-state index in [-0.39, 0.29) is 36.6 Å². The molecule has 0 radical (unpaired) electrons. The summed E-state index contributed by atoms with van der Waals surface area (Å²) < 4.78 is 13.2. The number of carbonyl (C=O) groups excluding carboxylic acids is 3. The Morgan fingerprint density at radius 3 is 2.75 bits per heavy atom. The number of amides is 3. The summed E-state index contributed by atoms with van der Waals surface area (Å²) >= 11 is 0. The summed E-state index contributed by atoms with van der Waals surface area (Å²) in [5, 5.41) is 8.52. The van der Waals surface area contributed by atoms with Crippen molar-refractivity contribution in [2.45, 2.75) is 25.4 Å². The predicted molar refractivity (Wildman–Crippen MR) is 131 cm³/mol. The molecule has 5 rings (SSSR count). The zero-order chi connectivity index (χ0) is 25.2.